The molecular formula is C17H19N3O2. The van der Waals surface area contributed by atoms with E-state index in [0.717, 1.165) is 27.8 Å². The van der Waals surface area contributed by atoms with E-state index in [0.29, 0.717) is 12.3 Å². The van der Waals surface area contributed by atoms with Crippen molar-refractivity contribution < 1.29 is 9.84 Å². The monoisotopic (exact) mass is 297 g/mol. The fraction of sp³-hybridized carbons (Fsp3) is 0.235. The average molecular weight is 297 g/mol. The highest BCUT2D eigenvalue weighted by Crippen LogP contribution is 2.27. The van der Waals surface area contributed by atoms with Crippen molar-refractivity contribution in [2.24, 2.45) is 7.05 Å². The molecule has 0 amide bonds. The highest BCUT2D eigenvalue weighted by Gasteiger charge is 2.06. The van der Waals surface area contributed by atoms with Gasteiger partial charge in [-0.2, -0.15) is 5.10 Å². The molecule has 2 N–H and O–H groups in total. The second-order valence-corrected chi connectivity index (χ2v) is 5.30. The maximum Gasteiger partial charge on any atom is 0.160 e. The smallest absolute Gasteiger partial charge is 0.160 e. The number of aromatic nitrogens is 2. The van der Waals surface area contributed by atoms with Gasteiger partial charge in [-0.3, -0.25) is 4.68 Å². The molecule has 0 spiro atoms. The van der Waals surface area contributed by atoms with Gasteiger partial charge >= 0.3 is 0 Å². The first kappa shape index (κ1) is 14.3. The van der Waals surface area contributed by atoms with Gasteiger partial charge in [-0.05, 0) is 42.8 Å². The fourth-order valence-electron chi connectivity index (χ4n) is 2.60. The third-order valence-electron chi connectivity index (χ3n) is 3.78. The lowest BCUT2D eigenvalue weighted by Gasteiger charge is -2.09. The van der Waals surface area contributed by atoms with Crippen molar-refractivity contribution in [3.8, 4) is 11.5 Å². The number of rotatable bonds is 4. The van der Waals surface area contributed by atoms with Gasteiger partial charge in [0.25, 0.3) is 0 Å². The lowest BCUT2D eigenvalue weighted by Crippen LogP contribution is -2.00. The number of methoxy groups -OCH3 is 1. The molecule has 0 aliphatic heterocycles. The quantitative estimate of drug-likeness (QED) is 0.776. The number of nitrogens with one attached hydrogen (secondary N) is 1. The van der Waals surface area contributed by atoms with Gasteiger partial charge in [0.1, 0.15) is 0 Å². The number of ether oxygens (including phenoxy) is 1. The molecule has 0 fully saturated rings. The zero-order valence-electron chi connectivity index (χ0n) is 12.9. The third-order valence-corrected chi connectivity index (χ3v) is 3.78. The summed E-state index contributed by atoms with van der Waals surface area (Å²) in [6.07, 6.45) is 0. The van der Waals surface area contributed by atoms with Crippen LogP contribution in [-0.4, -0.2) is 22.0 Å². The minimum Gasteiger partial charge on any atom is -0.504 e. The van der Waals surface area contributed by atoms with Gasteiger partial charge in [0.2, 0.25) is 0 Å². The molecule has 1 heterocycles. The molecule has 1 aromatic heterocycles. The van der Waals surface area contributed by atoms with Crippen molar-refractivity contribution in [1.82, 2.24) is 9.78 Å². The van der Waals surface area contributed by atoms with Crippen LogP contribution in [0, 0.1) is 6.92 Å². The Balaban J connectivity index is 1.79. The standard InChI is InChI=1S/C17H19N3O2/c1-11-14-6-5-13(9-15(14)20(2)19-11)18-10-12-4-7-17(22-3)16(21)8-12/h4-9,18,21H,10H2,1-3H3. The summed E-state index contributed by atoms with van der Waals surface area (Å²) in [5.74, 6) is 0.634. The molecule has 0 aliphatic rings. The maximum atomic E-state index is 9.80. The van der Waals surface area contributed by atoms with Crippen LogP contribution in [0.3, 0.4) is 0 Å². The number of phenols is 1. The number of phenolic OH excluding ortho intramolecular Hbond substituents is 1. The molecule has 0 saturated heterocycles. The topological polar surface area (TPSA) is 59.3 Å². The maximum absolute atomic E-state index is 9.80. The van der Waals surface area contributed by atoms with Crippen LogP contribution in [0.25, 0.3) is 10.9 Å². The zero-order chi connectivity index (χ0) is 15.7. The summed E-state index contributed by atoms with van der Waals surface area (Å²) in [5.41, 5.74) is 4.13. The Morgan fingerprint density at radius 2 is 2.05 bits per heavy atom. The van der Waals surface area contributed by atoms with Gasteiger partial charge in [-0.1, -0.05) is 6.07 Å². The molecular weight excluding hydrogens is 278 g/mol. The SMILES string of the molecule is COc1ccc(CNc2ccc3c(C)nn(C)c3c2)cc1O. The normalized spacial score (nSPS) is 10.9. The van der Waals surface area contributed by atoms with Crippen LogP contribution < -0.4 is 10.1 Å². The lowest BCUT2D eigenvalue weighted by atomic mass is 10.1. The third kappa shape index (κ3) is 2.57. The van der Waals surface area contributed by atoms with E-state index in [1.807, 2.05) is 30.8 Å². The Bertz CT molecular complexity index is 824. The molecule has 3 rings (SSSR count). The van der Waals surface area contributed by atoms with Crippen molar-refractivity contribution in [3.63, 3.8) is 0 Å². The molecule has 5 nitrogen and oxygen atoms in total. The summed E-state index contributed by atoms with van der Waals surface area (Å²) >= 11 is 0. The molecule has 22 heavy (non-hydrogen) atoms. The van der Waals surface area contributed by atoms with Crippen LogP contribution in [-0.2, 0) is 13.6 Å². The molecule has 0 unspecified atom stereocenters. The second-order valence-electron chi connectivity index (χ2n) is 5.30. The molecule has 3 aromatic rings. The van der Waals surface area contributed by atoms with E-state index in [2.05, 4.69) is 22.5 Å². The van der Waals surface area contributed by atoms with Crippen molar-refractivity contribution in [1.29, 1.82) is 0 Å². The second kappa shape index (κ2) is 5.60. The first-order chi connectivity index (χ1) is 10.6. The number of hydrogen-bond acceptors (Lipinski definition) is 4. The van der Waals surface area contributed by atoms with E-state index >= 15 is 0 Å². The molecule has 5 heteroatoms. The summed E-state index contributed by atoms with van der Waals surface area (Å²) in [4.78, 5) is 0. The summed E-state index contributed by atoms with van der Waals surface area (Å²) < 4.78 is 6.93. The van der Waals surface area contributed by atoms with Crippen LogP contribution in [0.4, 0.5) is 5.69 Å². The Hall–Kier alpha value is -2.69. The van der Waals surface area contributed by atoms with Gasteiger partial charge < -0.3 is 15.2 Å². The number of hydrogen-bond donors (Lipinski definition) is 2. The van der Waals surface area contributed by atoms with Gasteiger partial charge in [0, 0.05) is 24.7 Å². The lowest BCUT2D eigenvalue weighted by molar-refractivity contribution is 0.373. The Labute approximate surface area is 129 Å². The molecule has 0 bridgehead atoms. The van der Waals surface area contributed by atoms with Crippen LogP contribution in [0.1, 0.15) is 11.3 Å². The molecule has 2 aromatic carbocycles. The van der Waals surface area contributed by atoms with E-state index in [4.69, 9.17) is 4.74 Å². The first-order valence-corrected chi connectivity index (χ1v) is 7.11. The van der Waals surface area contributed by atoms with Crippen LogP contribution >= 0.6 is 0 Å². The molecule has 0 radical (unpaired) electrons. The zero-order valence-corrected chi connectivity index (χ0v) is 12.9. The average Bonchev–Trinajstić information content (AvgIpc) is 2.80. The highest BCUT2D eigenvalue weighted by atomic mass is 16.5. The molecule has 0 aliphatic carbocycles. The van der Waals surface area contributed by atoms with E-state index in [1.165, 1.54) is 7.11 Å². The van der Waals surface area contributed by atoms with E-state index in [-0.39, 0.29) is 5.75 Å². The van der Waals surface area contributed by atoms with Crippen LogP contribution in [0.5, 0.6) is 11.5 Å². The summed E-state index contributed by atoms with van der Waals surface area (Å²) in [6.45, 7) is 2.63. The van der Waals surface area contributed by atoms with Crippen LogP contribution in [0.2, 0.25) is 0 Å². The molecule has 0 saturated carbocycles. The summed E-state index contributed by atoms with van der Waals surface area (Å²) in [5, 5.41) is 18.8. The van der Waals surface area contributed by atoms with Crippen molar-refractivity contribution >= 4 is 16.6 Å². The van der Waals surface area contributed by atoms with Gasteiger partial charge in [0.15, 0.2) is 11.5 Å². The minimum absolute atomic E-state index is 0.152. The Kier molecular flexibility index (Phi) is 3.63. The fourth-order valence-corrected chi connectivity index (χ4v) is 2.60. The highest BCUT2D eigenvalue weighted by molar-refractivity contribution is 5.85. The van der Waals surface area contributed by atoms with Crippen molar-refractivity contribution in [2.75, 3.05) is 12.4 Å². The van der Waals surface area contributed by atoms with E-state index < -0.39 is 0 Å². The Morgan fingerprint density at radius 1 is 1.23 bits per heavy atom. The largest absolute Gasteiger partial charge is 0.504 e. The Morgan fingerprint density at radius 3 is 2.77 bits per heavy atom. The van der Waals surface area contributed by atoms with Gasteiger partial charge in [0.05, 0.1) is 18.3 Å². The molecule has 0 atom stereocenters. The number of aryl methyl sites for hydroxylation is 2. The number of fused-ring (bicyclic) bond motifs is 1. The predicted octanol–water partition coefficient (Wildman–Crippen LogP) is 3.21. The summed E-state index contributed by atoms with van der Waals surface area (Å²) in [6, 6.07) is 11.6. The number of benzene rings is 2. The van der Waals surface area contributed by atoms with E-state index in [9.17, 15) is 5.11 Å². The number of nitrogens with zero attached hydrogens (tertiary/aromatic N) is 2. The minimum atomic E-state index is 0.152. The predicted molar refractivity (Wildman–Crippen MR) is 87.4 cm³/mol. The van der Waals surface area contributed by atoms with Crippen molar-refractivity contribution in [3.05, 3.63) is 47.7 Å². The summed E-state index contributed by atoms with van der Waals surface area (Å²) in [7, 11) is 3.48. The number of aromatic hydroxyl groups is 1. The molecule has 114 valence electrons. The first-order valence-electron chi connectivity index (χ1n) is 7.11. The van der Waals surface area contributed by atoms with Gasteiger partial charge in [-0.25, -0.2) is 0 Å². The number of anilines is 1. The van der Waals surface area contributed by atoms with E-state index in [1.54, 1.807) is 12.1 Å². The van der Waals surface area contributed by atoms with Gasteiger partial charge in [-0.15, -0.1) is 0 Å². The van der Waals surface area contributed by atoms with Crippen LogP contribution in [0.15, 0.2) is 36.4 Å². The van der Waals surface area contributed by atoms with Crippen molar-refractivity contribution in [2.45, 2.75) is 13.5 Å².